The standard InChI is InChI=1S/C22H22N2O4S/c1-22(2,16-7-5-4-6-8-16)20(26)28-13-19(25)24-21-23-18(14-29-21)15-9-11-17(27-3)12-10-15/h4-12,14H,13H2,1-3H3,(H,23,24,25). The summed E-state index contributed by atoms with van der Waals surface area (Å²) in [7, 11) is 1.61. The maximum atomic E-state index is 12.4. The smallest absolute Gasteiger partial charge is 0.316 e. The highest BCUT2D eigenvalue weighted by Crippen LogP contribution is 2.27. The van der Waals surface area contributed by atoms with Gasteiger partial charge in [0.25, 0.3) is 5.91 Å². The molecule has 3 rings (SSSR count). The average molecular weight is 410 g/mol. The summed E-state index contributed by atoms with van der Waals surface area (Å²) in [6.45, 7) is 3.17. The zero-order chi connectivity index (χ0) is 20.9. The van der Waals surface area contributed by atoms with Gasteiger partial charge in [0.2, 0.25) is 0 Å². The molecule has 3 aromatic rings. The number of benzene rings is 2. The van der Waals surface area contributed by atoms with E-state index in [0.29, 0.717) is 5.13 Å². The quantitative estimate of drug-likeness (QED) is 0.588. The summed E-state index contributed by atoms with van der Waals surface area (Å²) in [5.41, 5.74) is 1.65. The van der Waals surface area contributed by atoms with E-state index in [0.717, 1.165) is 22.6 Å². The van der Waals surface area contributed by atoms with Crippen LogP contribution in [0.25, 0.3) is 11.3 Å². The van der Waals surface area contributed by atoms with Crippen molar-refractivity contribution >= 4 is 28.3 Å². The molecule has 1 heterocycles. The van der Waals surface area contributed by atoms with Crippen LogP contribution in [0, 0.1) is 0 Å². The fraction of sp³-hybridized carbons (Fsp3) is 0.227. The fourth-order valence-corrected chi connectivity index (χ4v) is 3.40. The highest BCUT2D eigenvalue weighted by molar-refractivity contribution is 7.14. The van der Waals surface area contributed by atoms with Gasteiger partial charge in [-0.15, -0.1) is 11.3 Å². The molecule has 29 heavy (non-hydrogen) atoms. The molecule has 1 amide bonds. The molecule has 0 atom stereocenters. The minimum absolute atomic E-state index is 0.369. The Morgan fingerprint density at radius 3 is 2.41 bits per heavy atom. The molecule has 0 spiro atoms. The van der Waals surface area contributed by atoms with Gasteiger partial charge < -0.3 is 9.47 Å². The monoisotopic (exact) mass is 410 g/mol. The maximum absolute atomic E-state index is 12.4. The number of nitrogens with zero attached hydrogens (tertiary/aromatic N) is 1. The minimum atomic E-state index is -0.843. The first kappa shape index (κ1) is 20.5. The third-order valence-electron chi connectivity index (χ3n) is 4.48. The van der Waals surface area contributed by atoms with Gasteiger partial charge >= 0.3 is 5.97 Å². The number of ether oxygens (including phenoxy) is 2. The predicted molar refractivity (Wildman–Crippen MR) is 113 cm³/mol. The van der Waals surface area contributed by atoms with Crippen molar-refractivity contribution < 1.29 is 19.1 Å². The van der Waals surface area contributed by atoms with Crippen molar-refractivity contribution in [3.63, 3.8) is 0 Å². The van der Waals surface area contributed by atoms with E-state index in [1.54, 1.807) is 21.0 Å². The first-order valence-electron chi connectivity index (χ1n) is 9.02. The maximum Gasteiger partial charge on any atom is 0.316 e. The molecule has 0 aliphatic carbocycles. The van der Waals surface area contributed by atoms with E-state index in [2.05, 4.69) is 10.3 Å². The van der Waals surface area contributed by atoms with Crippen molar-refractivity contribution in [3.05, 3.63) is 65.5 Å². The molecule has 1 aromatic heterocycles. The number of anilines is 1. The van der Waals surface area contributed by atoms with Crippen LogP contribution in [0.5, 0.6) is 5.75 Å². The van der Waals surface area contributed by atoms with Crippen LogP contribution in [0.4, 0.5) is 5.13 Å². The number of carbonyl (C=O) groups is 2. The van der Waals surface area contributed by atoms with Crippen LogP contribution in [-0.2, 0) is 19.7 Å². The highest BCUT2D eigenvalue weighted by atomic mass is 32.1. The molecule has 0 unspecified atom stereocenters. The largest absolute Gasteiger partial charge is 0.497 e. The van der Waals surface area contributed by atoms with E-state index in [9.17, 15) is 9.59 Å². The SMILES string of the molecule is COc1ccc(-c2csc(NC(=O)COC(=O)C(C)(C)c3ccccc3)n2)cc1. The zero-order valence-electron chi connectivity index (χ0n) is 16.5. The van der Waals surface area contributed by atoms with E-state index < -0.39 is 17.3 Å². The van der Waals surface area contributed by atoms with Crippen LogP contribution >= 0.6 is 11.3 Å². The van der Waals surface area contributed by atoms with Gasteiger partial charge in [-0.25, -0.2) is 4.98 Å². The van der Waals surface area contributed by atoms with Gasteiger partial charge in [0.05, 0.1) is 18.2 Å². The van der Waals surface area contributed by atoms with Crippen molar-refractivity contribution in [1.29, 1.82) is 0 Å². The van der Waals surface area contributed by atoms with Gasteiger partial charge in [-0.1, -0.05) is 30.3 Å². The lowest BCUT2D eigenvalue weighted by atomic mass is 9.85. The summed E-state index contributed by atoms with van der Waals surface area (Å²) < 4.78 is 10.4. The van der Waals surface area contributed by atoms with Crippen LogP contribution in [0.3, 0.4) is 0 Å². The van der Waals surface area contributed by atoms with E-state index in [-0.39, 0.29) is 6.61 Å². The predicted octanol–water partition coefficient (Wildman–Crippen LogP) is 4.28. The second-order valence-electron chi connectivity index (χ2n) is 6.88. The number of esters is 1. The lowest BCUT2D eigenvalue weighted by molar-refractivity contribution is -0.152. The molecule has 7 heteroatoms. The number of aromatic nitrogens is 1. The second kappa shape index (κ2) is 8.87. The Kier molecular flexibility index (Phi) is 6.29. The van der Waals surface area contributed by atoms with Crippen molar-refractivity contribution in [3.8, 4) is 17.0 Å². The van der Waals surface area contributed by atoms with E-state index >= 15 is 0 Å². The second-order valence-corrected chi connectivity index (χ2v) is 7.74. The lowest BCUT2D eigenvalue weighted by Crippen LogP contribution is -2.33. The van der Waals surface area contributed by atoms with Gasteiger partial charge in [-0.2, -0.15) is 0 Å². The van der Waals surface area contributed by atoms with Gasteiger partial charge in [0.1, 0.15) is 5.75 Å². The molecule has 0 aliphatic heterocycles. The number of amides is 1. The number of rotatable bonds is 7. The number of nitrogens with one attached hydrogen (secondary N) is 1. The third kappa shape index (κ3) is 5.00. The molecule has 0 saturated heterocycles. The average Bonchev–Trinajstić information content (AvgIpc) is 3.21. The van der Waals surface area contributed by atoms with Crippen molar-refractivity contribution in [2.75, 3.05) is 19.0 Å². The first-order chi connectivity index (χ1) is 13.9. The molecule has 1 N–H and O–H groups in total. The van der Waals surface area contributed by atoms with Crippen LogP contribution in [0.2, 0.25) is 0 Å². The Morgan fingerprint density at radius 1 is 1.07 bits per heavy atom. The van der Waals surface area contributed by atoms with Gasteiger partial charge in [0, 0.05) is 10.9 Å². The Balaban J connectivity index is 1.56. The van der Waals surface area contributed by atoms with Crippen LogP contribution in [-0.4, -0.2) is 30.6 Å². The highest BCUT2D eigenvalue weighted by Gasteiger charge is 2.31. The molecule has 150 valence electrons. The zero-order valence-corrected chi connectivity index (χ0v) is 17.3. The molecule has 0 aliphatic rings. The Labute approximate surface area is 173 Å². The number of methoxy groups -OCH3 is 1. The van der Waals surface area contributed by atoms with Crippen molar-refractivity contribution in [2.45, 2.75) is 19.3 Å². The summed E-state index contributed by atoms with van der Waals surface area (Å²) in [5.74, 6) is -0.132. The molecular formula is C22H22N2O4S. The van der Waals surface area contributed by atoms with E-state index in [4.69, 9.17) is 9.47 Å². The molecule has 0 saturated carbocycles. The summed E-state index contributed by atoms with van der Waals surface area (Å²) in [5, 5.41) is 4.96. The van der Waals surface area contributed by atoms with Gasteiger partial charge in [-0.3, -0.25) is 14.9 Å². The molecule has 0 fully saturated rings. The summed E-state index contributed by atoms with van der Waals surface area (Å²) in [6, 6.07) is 16.8. The van der Waals surface area contributed by atoms with E-state index in [1.807, 2.05) is 60.0 Å². The molecule has 0 bridgehead atoms. The number of hydrogen-bond acceptors (Lipinski definition) is 6. The van der Waals surface area contributed by atoms with Crippen molar-refractivity contribution in [2.24, 2.45) is 0 Å². The fourth-order valence-electron chi connectivity index (χ4n) is 2.67. The lowest BCUT2D eigenvalue weighted by Gasteiger charge is -2.22. The molecule has 0 radical (unpaired) electrons. The molecular weight excluding hydrogens is 388 g/mol. The summed E-state index contributed by atoms with van der Waals surface area (Å²) >= 11 is 1.30. The number of hydrogen-bond donors (Lipinski definition) is 1. The Bertz CT molecular complexity index is 982. The summed E-state index contributed by atoms with van der Waals surface area (Å²) in [6.07, 6.45) is 0. The van der Waals surface area contributed by atoms with Crippen LogP contribution < -0.4 is 10.1 Å². The number of carbonyl (C=O) groups excluding carboxylic acids is 2. The summed E-state index contributed by atoms with van der Waals surface area (Å²) in [4.78, 5) is 29.0. The molecule has 2 aromatic carbocycles. The normalized spacial score (nSPS) is 11.0. The van der Waals surface area contributed by atoms with Crippen LogP contribution in [0.15, 0.2) is 60.0 Å². The number of thiazole rings is 1. The Morgan fingerprint density at radius 2 is 1.76 bits per heavy atom. The minimum Gasteiger partial charge on any atom is -0.497 e. The third-order valence-corrected chi connectivity index (χ3v) is 5.23. The topological polar surface area (TPSA) is 77.5 Å². The van der Waals surface area contributed by atoms with Crippen LogP contribution in [0.1, 0.15) is 19.4 Å². The van der Waals surface area contributed by atoms with Crippen molar-refractivity contribution in [1.82, 2.24) is 4.98 Å². The molecule has 6 nitrogen and oxygen atoms in total. The van der Waals surface area contributed by atoms with E-state index in [1.165, 1.54) is 11.3 Å². The van der Waals surface area contributed by atoms with Gasteiger partial charge in [0.15, 0.2) is 11.7 Å². The first-order valence-corrected chi connectivity index (χ1v) is 9.90. The van der Waals surface area contributed by atoms with Gasteiger partial charge in [-0.05, 0) is 43.7 Å². The Hall–Kier alpha value is -3.19.